The summed E-state index contributed by atoms with van der Waals surface area (Å²) < 4.78 is 21.8. The second-order valence-corrected chi connectivity index (χ2v) is 4.69. The average Bonchev–Trinajstić information content (AvgIpc) is 1.81. The molecule has 6 heteroatoms. The Kier molecular flexibility index (Phi) is 3.88. The number of primary amides is 1. The van der Waals surface area contributed by atoms with E-state index in [1.54, 1.807) is 0 Å². The highest BCUT2D eigenvalue weighted by atomic mass is 32.2. The van der Waals surface area contributed by atoms with Gasteiger partial charge in [0.1, 0.15) is 11.5 Å². The lowest BCUT2D eigenvalue weighted by Gasteiger charge is -1.98. The van der Waals surface area contributed by atoms with Crippen molar-refractivity contribution in [2.24, 2.45) is 5.73 Å². The molecule has 0 fully saturated rings. The van der Waals surface area contributed by atoms with Gasteiger partial charge in [0.25, 0.3) is 0 Å². The molecule has 1 amide bonds. The summed E-state index contributed by atoms with van der Waals surface area (Å²) in [4.78, 5) is 20.6. The first-order valence-corrected chi connectivity index (χ1v) is 5.14. The molecule has 0 spiro atoms. The van der Waals surface area contributed by atoms with E-state index in [4.69, 9.17) is 0 Å². The summed E-state index contributed by atoms with van der Waals surface area (Å²) in [5.41, 5.74) is 4.68. The van der Waals surface area contributed by atoms with Crippen molar-refractivity contribution in [1.82, 2.24) is 0 Å². The van der Waals surface area contributed by atoms with Crippen molar-refractivity contribution < 1.29 is 18.0 Å². The van der Waals surface area contributed by atoms with Crippen LogP contribution in [0, 0.1) is 0 Å². The molecule has 0 rings (SSSR count). The molecule has 0 radical (unpaired) electrons. The predicted molar refractivity (Wildman–Crippen MR) is 43.1 cm³/mol. The molecule has 0 heterocycles. The van der Waals surface area contributed by atoms with E-state index in [1.807, 2.05) is 0 Å². The minimum Gasteiger partial charge on any atom is -0.369 e. The van der Waals surface area contributed by atoms with Crippen molar-refractivity contribution in [3.63, 3.8) is 0 Å². The first-order valence-electron chi connectivity index (χ1n) is 3.31. The third-order valence-corrected chi connectivity index (χ3v) is 2.68. The summed E-state index contributed by atoms with van der Waals surface area (Å²) in [5, 5.41) is 0. The third-order valence-electron chi connectivity index (χ3n) is 1.13. The Morgan fingerprint density at radius 3 is 2.17 bits per heavy atom. The van der Waals surface area contributed by atoms with E-state index in [1.165, 1.54) is 6.92 Å². The third kappa shape index (κ3) is 5.84. The molecule has 70 valence electrons. The second kappa shape index (κ2) is 4.20. The Labute approximate surface area is 70.9 Å². The number of hydrogen-bond donors (Lipinski definition) is 1. The molecule has 0 aliphatic heterocycles. The largest absolute Gasteiger partial charge is 0.369 e. The highest BCUT2D eigenvalue weighted by Gasteiger charge is 2.14. The Morgan fingerprint density at radius 1 is 1.33 bits per heavy atom. The summed E-state index contributed by atoms with van der Waals surface area (Å²) in [6.07, 6.45) is -0.0599. The van der Waals surface area contributed by atoms with E-state index in [9.17, 15) is 18.0 Å². The molecule has 0 bridgehead atoms. The highest BCUT2D eigenvalue weighted by Crippen LogP contribution is 1.94. The molecule has 0 aromatic heterocycles. The number of carbonyl (C=O) groups is 2. The van der Waals surface area contributed by atoms with Crippen LogP contribution in [0.2, 0.25) is 0 Å². The molecular formula is C6H11NO4S. The Bertz CT molecular complexity index is 280. The van der Waals surface area contributed by atoms with Crippen LogP contribution in [0.5, 0.6) is 0 Å². The summed E-state index contributed by atoms with van der Waals surface area (Å²) in [6, 6.07) is 0. The van der Waals surface area contributed by atoms with E-state index in [2.05, 4.69) is 5.73 Å². The average molecular weight is 193 g/mol. The maximum atomic E-state index is 10.9. The van der Waals surface area contributed by atoms with Gasteiger partial charge >= 0.3 is 0 Å². The number of ketones is 1. The normalized spacial score (nSPS) is 11.1. The van der Waals surface area contributed by atoms with E-state index >= 15 is 0 Å². The molecule has 2 N–H and O–H groups in total. The minimum absolute atomic E-state index is 0.0599. The van der Waals surface area contributed by atoms with Crippen LogP contribution in [0.15, 0.2) is 0 Å². The van der Waals surface area contributed by atoms with Crippen LogP contribution in [0.3, 0.4) is 0 Å². The van der Waals surface area contributed by atoms with Crippen LogP contribution in [-0.2, 0) is 19.4 Å². The fourth-order valence-corrected chi connectivity index (χ4v) is 1.76. The first-order chi connectivity index (χ1) is 5.33. The van der Waals surface area contributed by atoms with E-state index in [-0.39, 0.29) is 18.0 Å². The monoisotopic (exact) mass is 193 g/mol. The van der Waals surface area contributed by atoms with Gasteiger partial charge in [-0.25, -0.2) is 8.42 Å². The molecular weight excluding hydrogens is 182 g/mol. The topological polar surface area (TPSA) is 94.3 Å². The number of sulfone groups is 1. The van der Waals surface area contributed by atoms with E-state index in [0.29, 0.717) is 0 Å². The molecule has 0 aliphatic carbocycles. The zero-order chi connectivity index (χ0) is 9.78. The van der Waals surface area contributed by atoms with E-state index in [0.717, 1.165) is 0 Å². The van der Waals surface area contributed by atoms with Gasteiger partial charge in [0, 0.05) is 6.42 Å². The zero-order valence-corrected chi connectivity index (χ0v) is 7.56. The molecule has 0 aliphatic rings. The lowest BCUT2D eigenvalue weighted by molar-refractivity contribution is -0.117. The molecule has 0 saturated carbocycles. The number of carbonyl (C=O) groups excluding carboxylic acids is 2. The van der Waals surface area contributed by atoms with Gasteiger partial charge in [0.2, 0.25) is 5.91 Å². The van der Waals surface area contributed by atoms with Gasteiger partial charge in [0.05, 0.1) is 5.75 Å². The van der Waals surface area contributed by atoms with Crippen molar-refractivity contribution in [2.75, 3.05) is 11.5 Å². The lowest BCUT2D eigenvalue weighted by atomic mass is 10.4. The van der Waals surface area contributed by atoms with Crippen molar-refractivity contribution in [1.29, 1.82) is 0 Å². The Hall–Kier alpha value is -0.910. The van der Waals surface area contributed by atoms with Gasteiger partial charge in [-0.1, -0.05) is 0 Å². The van der Waals surface area contributed by atoms with E-state index < -0.39 is 21.5 Å². The van der Waals surface area contributed by atoms with Gasteiger partial charge in [-0.15, -0.1) is 0 Å². The quantitative estimate of drug-likeness (QED) is 0.597. The summed E-state index contributed by atoms with van der Waals surface area (Å²) >= 11 is 0. The number of rotatable bonds is 5. The number of amides is 1. The van der Waals surface area contributed by atoms with Crippen LogP contribution in [0.1, 0.15) is 13.3 Å². The fourth-order valence-electron chi connectivity index (χ4n) is 0.588. The van der Waals surface area contributed by atoms with Gasteiger partial charge < -0.3 is 5.73 Å². The number of nitrogens with two attached hydrogens (primary N) is 1. The summed E-state index contributed by atoms with van der Waals surface area (Å²) in [6.45, 7) is 1.29. The molecule has 0 aromatic carbocycles. The van der Waals surface area contributed by atoms with Crippen molar-refractivity contribution in [2.45, 2.75) is 13.3 Å². The van der Waals surface area contributed by atoms with Gasteiger partial charge in [-0.05, 0) is 6.92 Å². The smallest absolute Gasteiger partial charge is 0.232 e. The fraction of sp³-hybridized carbons (Fsp3) is 0.667. The minimum atomic E-state index is -3.47. The van der Waals surface area contributed by atoms with Crippen LogP contribution < -0.4 is 5.73 Å². The molecule has 0 atom stereocenters. The second-order valence-electron chi connectivity index (χ2n) is 2.51. The van der Waals surface area contributed by atoms with Gasteiger partial charge in [-0.3, -0.25) is 9.59 Å². The Morgan fingerprint density at radius 2 is 1.83 bits per heavy atom. The maximum absolute atomic E-state index is 10.9. The van der Waals surface area contributed by atoms with Crippen LogP contribution >= 0.6 is 0 Å². The summed E-state index contributed by atoms with van der Waals surface area (Å²) in [5.74, 6) is -2.09. The maximum Gasteiger partial charge on any atom is 0.232 e. The van der Waals surface area contributed by atoms with Crippen molar-refractivity contribution >= 4 is 21.5 Å². The van der Waals surface area contributed by atoms with Crippen LogP contribution in [0.4, 0.5) is 0 Å². The van der Waals surface area contributed by atoms with Crippen molar-refractivity contribution in [3.05, 3.63) is 0 Å². The molecule has 0 saturated heterocycles. The zero-order valence-electron chi connectivity index (χ0n) is 6.74. The highest BCUT2D eigenvalue weighted by molar-refractivity contribution is 7.92. The molecule has 0 unspecified atom stereocenters. The SMILES string of the molecule is CC(=O)CCS(=O)(=O)CC(N)=O. The van der Waals surface area contributed by atoms with Crippen molar-refractivity contribution in [3.8, 4) is 0 Å². The van der Waals surface area contributed by atoms with Gasteiger partial charge in [-0.2, -0.15) is 0 Å². The van der Waals surface area contributed by atoms with Crippen LogP contribution in [0.25, 0.3) is 0 Å². The Balaban J connectivity index is 4.06. The predicted octanol–water partition coefficient (Wildman–Crippen LogP) is -1.13. The van der Waals surface area contributed by atoms with Gasteiger partial charge in [0.15, 0.2) is 9.84 Å². The molecule has 5 nitrogen and oxygen atoms in total. The number of Topliss-reactive ketones (excluding diaryl/α,β-unsaturated/α-hetero) is 1. The molecule has 12 heavy (non-hydrogen) atoms. The lowest BCUT2D eigenvalue weighted by Crippen LogP contribution is -2.25. The molecule has 0 aromatic rings. The number of hydrogen-bond acceptors (Lipinski definition) is 4. The first kappa shape index (κ1) is 11.1. The summed E-state index contributed by atoms with van der Waals surface area (Å²) in [7, 11) is -3.47. The van der Waals surface area contributed by atoms with Crippen LogP contribution in [-0.4, -0.2) is 31.6 Å². The standard InChI is InChI=1S/C6H11NO4S/c1-5(8)2-3-12(10,11)4-6(7)9/h2-4H2,1H3,(H2,7,9).